The molecule has 1 aromatic heterocycles. The van der Waals surface area contributed by atoms with Gasteiger partial charge in [-0.25, -0.2) is 8.42 Å². The minimum absolute atomic E-state index is 0.0778. The topological polar surface area (TPSA) is 112 Å². The summed E-state index contributed by atoms with van der Waals surface area (Å²) in [4.78, 5) is 18.7. The molecule has 0 spiro atoms. The summed E-state index contributed by atoms with van der Waals surface area (Å²) in [5.41, 5.74) is 9.03. The van der Waals surface area contributed by atoms with E-state index in [9.17, 15) is 13.2 Å². The first-order valence-electron chi connectivity index (χ1n) is 12.3. The Balaban J connectivity index is 1.39. The highest BCUT2D eigenvalue weighted by molar-refractivity contribution is 7.93. The summed E-state index contributed by atoms with van der Waals surface area (Å²) in [6.07, 6.45) is 4.55. The van der Waals surface area contributed by atoms with Gasteiger partial charge in [0.1, 0.15) is 5.75 Å². The Morgan fingerprint density at radius 3 is 2.35 bits per heavy atom. The highest BCUT2D eigenvalue weighted by Crippen LogP contribution is 2.36. The van der Waals surface area contributed by atoms with Crippen molar-refractivity contribution in [2.24, 2.45) is 5.73 Å². The van der Waals surface area contributed by atoms with E-state index < -0.39 is 20.5 Å². The second-order valence-electron chi connectivity index (χ2n) is 9.20. The number of benzene rings is 2. The van der Waals surface area contributed by atoms with Crippen molar-refractivity contribution >= 4 is 15.7 Å². The number of amides is 1. The van der Waals surface area contributed by atoms with Gasteiger partial charge in [0.2, 0.25) is 5.91 Å². The molecule has 8 nitrogen and oxygen atoms in total. The van der Waals surface area contributed by atoms with E-state index in [2.05, 4.69) is 22.0 Å². The van der Waals surface area contributed by atoms with Gasteiger partial charge in [0.05, 0.1) is 18.1 Å². The second-order valence-corrected chi connectivity index (χ2v) is 11.5. The molecule has 196 valence electrons. The van der Waals surface area contributed by atoms with Crippen LogP contribution in [0.15, 0.2) is 78.0 Å². The Labute approximate surface area is 218 Å². The van der Waals surface area contributed by atoms with Crippen molar-refractivity contribution in [3.63, 3.8) is 0 Å². The van der Waals surface area contributed by atoms with Crippen molar-refractivity contribution in [2.45, 2.75) is 28.9 Å². The molecule has 2 aromatic carbocycles. The van der Waals surface area contributed by atoms with Gasteiger partial charge >= 0.3 is 0 Å². The van der Waals surface area contributed by atoms with Gasteiger partial charge in [0.25, 0.3) is 0 Å². The van der Waals surface area contributed by atoms with Crippen molar-refractivity contribution in [3.05, 3.63) is 78.6 Å². The lowest BCUT2D eigenvalue weighted by Gasteiger charge is -2.38. The third-order valence-corrected chi connectivity index (χ3v) is 9.50. The van der Waals surface area contributed by atoms with Crippen LogP contribution in [0.4, 0.5) is 0 Å². The van der Waals surface area contributed by atoms with Gasteiger partial charge in [-0.2, -0.15) is 0 Å². The number of primary amides is 1. The summed E-state index contributed by atoms with van der Waals surface area (Å²) in [6, 6.07) is 18.4. The zero-order valence-corrected chi connectivity index (χ0v) is 21.8. The molecule has 0 bridgehead atoms. The molecule has 1 amide bonds. The molecule has 0 unspecified atom stereocenters. The van der Waals surface area contributed by atoms with Gasteiger partial charge in [-0.3, -0.25) is 9.78 Å². The predicted molar refractivity (Wildman–Crippen MR) is 142 cm³/mol. The quantitative estimate of drug-likeness (QED) is 0.411. The number of carbonyl (C=O) groups is 1. The van der Waals surface area contributed by atoms with E-state index in [-0.39, 0.29) is 17.7 Å². The van der Waals surface area contributed by atoms with Gasteiger partial charge in [0.15, 0.2) is 14.6 Å². The predicted octanol–water partition coefficient (Wildman–Crippen LogP) is 3.11. The van der Waals surface area contributed by atoms with Crippen LogP contribution in [0.3, 0.4) is 0 Å². The summed E-state index contributed by atoms with van der Waals surface area (Å²) < 4.78 is 36.5. The molecule has 2 heterocycles. The number of nitrogens with zero attached hydrogens (tertiary/aromatic N) is 2. The lowest BCUT2D eigenvalue weighted by atomic mass is 9.95. The van der Waals surface area contributed by atoms with Crippen LogP contribution in [0, 0.1) is 0 Å². The first-order valence-corrected chi connectivity index (χ1v) is 13.8. The fourth-order valence-electron chi connectivity index (χ4n) is 4.68. The maximum absolute atomic E-state index is 13.5. The number of hydrogen-bond acceptors (Lipinski definition) is 7. The fraction of sp³-hybridized carbons (Fsp3) is 0.357. The van der Waals surface area contributed by atoms with Crippen molar-refractivity contribution in [1.82, 2.24) is 9.88 Å². The highest BCUT2D eigenvalue weighted by atomic mass is 32.2. The lowest BCUT2D eigenvalue weighted by Crippen LogP contribution is -2.57. The smallest absolute Gasteiger partial charge is 0.239 e. The molecule has 9 heteroatoms. The molecule has 1 aliphatic heterocycles. The van der Waals surface area contributed by atoms with Crippen LogP contribution >= 0.6 is 0 Å². The number of piperidine rings is 1. The van der Waals surface area contributed by atoms with Gasteiger partial charge in [-0.05, 0) is 65.9 Å². The molecule has 0 saturated carbocycles. The van der Waals surface area contributed by atoms with Crippen molar-refractivity contribution in [2.75, 3.05) is 40.0 Å². The van der Waals surface area contributed by atoms with Crippen LogP contribution < -0.4 is 10.5 Å². The Morgan fingerprint density at radius 1 is 1.00 bits per heavy atom. The third-order valence-electron chi connectivity index (χ3n) is 6.97. The standard InChI is InChI=1S/C28H33N3O5S/c1-35-20-18-31-16-12-28(13-17-31,27(29)32)37(33,34)26-7-5-25(6-8-26)36-19-11-22-3-2-4-24(21-22)23-9-14-30-15-10-23/h2-10,14-15,21H,11-13,16-20H2,1H3,(H2,29,32). The minimum atomic E-state index is -3.97. The first kappa shape index (κ1) is 26.8. The zero-order valence-electron chi connectivity index (χ0n) is 21.0. The fourth-order valence-corrected chi connectivity index (χ4v) is 6.61. The summed E-state index contributed by atoms with van der Waals surface area (Å²) in [5.74, 6) is -0.236. The highest BCUT2D eigenvalue weighted by Gasteiger charge is 2.51. The third kappa shape index (κ3) is 6.01. The first-order chi connectivity index (χ1) is 17.9. The number of likely N-dealkylation sites (tertiary alicyclic amines) is 1. The summed E-state index contributed by atoms with van der Waals surface area (Å²) >= 11 is 0. The largest absolute Gasteiger partial charge is 0.493 e. The van der Waals surface area contributed by atoms with Gasteiger partial charge < -0.3 is 20.1 Å². The molecule has 3 aromatic rings. The number of sulfone groups is 1. The zero-order chi connectivity index (χ0) is 26.3. The summed E-state index contributed by atoms with van der Waals surface area (Å²) in [7, 11) is -2.35. The maximum Gasteiger partial charge on any atom is 0.239 e. The van der Waals surface area contributed by atoms with E-state index in [1.807, 2.05) is 24.3 Å². The van der Waals surface area contributed by atoms with Gasteiger partial charge in [0, 0.05) is 45.6 Å². The maximum atomic E-state index is 13.5. The molecule has 0 radical (unpaired) electrons. The van der Waals surface area contributed by atoms with Gasteiger partial charge in [-0.15, -0.1) is 0 Å². The monoisotopic (exact) mass is 523 g/mol. The van der Waals surface area contributed by atoms with Crippen LogP contribution in [0.5, 0.6) is 5.75 Å². The molecule has 2 N–H and O–H groups in total. The SMILES string of the molecule is COCCN1CCC(C(N)=O)(S(=O)(=O)c2ccc(OCCc3cccc(-c4ccncc4)c3)cc2)CC1. The molecular weight excluding hydrogens is 490 g/mol. The Morgan fingerprint density at radius 2 is 1.70 bits per heavy atom. The van der Waals surface area contributed by atoms with Crippen LogP contribution in [0.1, 0.15) is 18.4 Å². The van der Waals surface area contributed by atoms with Crippen molar-refractivity contribution in [1.29, 1.82) is 0 Å². The minimum Gasteiger partial charge on any atom is -0.493 e. The van der Waals surface area contributed by atoms with Gasteiger partial charge in [-0.1, -0.05) is 24.3 Å². The van der Waals surface area contributed by atoms with E-state index >= 15 is 0 Å². The number of ether oxygens (including phenoxy) is 2. The molecule has 1 aliphatic rings. The molecular formula is C28H33N3O5S. The number of nitrogens with two attached hydrogens (primary N) is 1. The van der Waals surface area contributed by atoms with Crippen LogP contribution in [0.25, 0.3) is 11.1 Å². The number of rotatable bonds is 11. The summed E-state index contributed by atoms with van der Waals surface area (Å²) in [6.45, 7) is 2.61. The number of hydrogen-bond donors (Lipinski definition) is 1. The number of aromatic nitrogens is 1. The average Bonchev–Trinajstić information content (AvgIpc) is 2.93. The molecule has 0 atom stereocenters. The summed E-state index contributed by atoms with van der Waals surface area (Å²) in [5, 5.41) is 0. The molecule has 4 rings (SSSR count). The van der Waals surface area contributed by atoms with Crippen molar-refractivity contribution in [3.8, 4) is 16.9 Å². The van der Waals surface area contributed by atoms with E-state index in [0.717, 1.165) is 16.7 Å². The number of pyridine rings is 1. The van der Waals surface area contributed by atoms with E-state index in [1.165, 1.54) is 12.1 Å². The van der Waals surface area contributed by atoms with E-state index in [4.69, 9.17) is 15.2 Å². The molecule has 37 heavy (non-hydrogen) atoms. The average molecular weight is 524 g/mol. The molecule has 0 aliphatic carbocycles. The Bertz CT molecular complexity index is 1290. The number of methoxy groups -OCH3 is 1. The van der Waals surface area contributed by atoms with Crippen LogP contribution in [-0.2, 0) is 25.8 Å². The normalized spacial score (nSPS) is 15.8. The van der Waals surface area contributed by atoms with Crippen molar-refractivity contribution < 1.29 is 22.7 Å². The molecule has 1 fully saturated rings. The second kappa shape index (κ2) is 11.9. The van der Waals surface area contributed by atoms with E-state index in [1.54, 1.807) is 31.6 Å². The lowest BCUT2D eigenvalue weighted by molar-refractivity contribution is -0.121. The molecule has 1 saturated heterocycles. The number of carbonyl (C=O) groups excluding carboxylic acids is 1. The van der Waals surface area contributed by atoms with Crippen LogP contribution in [0.2, 0.25) is 0 Å². The Hall–Kier alpha value is -3.27. The van der Waals surface area contributed by atoms with E-state index in [0.29, 0.717) is 45.0 Å². The van der Waals surface area contributed by atoms with Crippen LogP contribution in [-0.4, -0.2) is 68.9 Å². The Kier molecular flexibility index (Phi) is 8.58.